The van der Waals surface area contributed by atoms with E-state index < -0.39 is 31.3 Å². The van der Waals surface area contributed by atoms with Gasteiger partial charge in [0.15, 0.2) is 7.05 Å². The third kappa shape index (κ3) is 10.1. The van der Waals surface area contributed by atoms with Gasteiger partial charge in [0.1, 0.15) is 5.75 Å². The van der Waals surface area contributed by atoms with Crippen LogP contribution < -0.4 is 15.1 Å². The Morgan fingerprint density at radius 1 is 0.712 bits per heavy atom. The third-order valence-electron chi connectivity index (χ3n) is 11.6. The second-order valence-corrected chi connectivity index (χ2v) is 20.6. The first-order chi connectivity index (χ1) is 28.1. The quantitative estimate of drug-likeness (QED) is 0.0331. The zero-order valence-corrected chi connectivity index (χ0v) is 36.9. The van der Waals surface area contributed by atoms with Gasteiger partial charge in [0.25, 0.3) is 0 Å². The van der Waals surface area contributed by atoms with Crippen LogP contribution in [0.15, 0.2) is 126 Å². The van der Waals surface area contributed by atoms with Crippen LogP contribution in [0.4, 0.5) is 11.4 Å². The van der Waals surface area contributed by atoms with Crippen molar-refractivity contribution in [1.82, 2.24) is 0 Å². The molecule has 1 aliphatic carbocycles. The van der Waals surface area contributed by atoms with Gasteiger partial charge in [-0.15, -0.1) is 3.98 Å². The number of hydrogen-bond acceptors (Lipinski definition) is 11. The normalized spacial score (nSPS) is 20.9. The second kappa shape index (κ2) is 18.7. The molecule has 0 spiro atoms. The largest absolute Gasteiger partial charge is 0.748 e. The highest BCUT2D eigenvalue weighted by Gasteiger charge is 2.41. The van der Waals surface area contributed by atoms with E-state index in [9.17, 15) is 26.6 Å². The van der Waals surface area contributed by atoms with Crippen molar-refractivity contribution in [2.75, 3.05) is 41.4 Å². The van der Waals surface area contributed by atoms with Crippen LogP contribution in [0.5, 0.6) is 0 Å². The molecule has 2 aliphatic heterocycles. The summed E-state index contributed by atoms with van der Waals surface area (Å²) in [4.78, 5) is 4.54. The number of para-hydroxylation sites is 2. The summed E-state index contributed by atoms with van der Waals surface area (Å²) in [7, 11) is -6.47. The summed E-state index contributed by atoms with van der Waals surface area (Å²) in [6.45, 7) is 10.0. The molecule has 0 bridgehead atoms. The number of anilines is 2. The van der Waals surface area contributed by atoms with E-state index in [1.807, 2.05) is 48.5 Å². The van der Waals surface area contributed by atoms with Crippen LogP contribution in [0.2, 0.25) is 0 Å². The smallest absolute Gasteiger partial charge is 0.368 e. The molecule has 3 aromatic carbocycles. The second-order valence-electron chi connectivity index (χ2n) is 16.3. The molecule has 0 unspecified atom stereocenters. The molecule has 11 nitrogen and oxygen atoms in total. The molecule has 0 radical (unpaired) electrons. The number of unbranched alkanes of at least 4 members (excludes halogenated alkanes) is 2. The third-order valence-corrected chi connectivity index (χ3v) is 14.8. The first kappa shape index (κ1) is 44.5. The summed E-state index contributed by atoms with van der Waals surface area (Å²) in [6, 6.07) is 25.8. The van der Waals surface area contributed by atoms with Gasteiger partial charge in [-0.1, -0.05) is 107 Å². The van der Waals surface area contributed by atoms with Gasteiger partial charge in [-0.3, -0.25) is 5.04 Å². The monoisotopic (exact) mass is 860 g/mol. The number of hydrogen-bond donors (Lipinski definition) is 0. The van der Waals surface area contributed by atoms with Gasteiger partial charge < -0.3 is 19.6 Å². The molecule has 0 saturated heterocycles. The highest BCUT2D eigenvalue weighted by molar-refractivity contribution is 7.94. The molecule has 1 saturated carbocycles. The fourth-order valence-electron chi connectivity index (χ4n) is 8.62. The highest BCUT2D eigenvalue weighted by atomic mass is 32.2. The van der Waals surface area contributed by atoms with E-state index in [0.29, 0.717) is 42.8 Å². The number of nitrogens with zero attached hydrogens (tertiary/aromatic N) is 3. The minimum absolute atomic E-state index is 0.147. The van der Waals surface area contributed by atoms with E-state index in [4.69, 9.17) is 0 Å². The first-order valence-corrected chi connectivity index (χ1v) is 24.1. The van der Waals surface area contributed by atoms with Crippen molar-refractivity contribution in [2.45, 2.75) is 82.8 Å². The van der Waals surface area contributed by atoms with Crippen LogP contribution in [0.1, 0.15) is 82.9 Å². The van der Waals surface area contributed by atoms with E-state index in [2.05, 4.69) is 102 Å². The van der Waals surface area contributed by atoms with Crippen molar-refractivity contribution in [3.05, 3.63) is 142 Å². The van der Waals surface area contributed by atoms with Crippen LogP contribution in [0, 0.1) is 0 Å². The Labute approximate surface area is 354 Å². The van der Waals surface area contributed by atoms with Crippen molar-refractivity contribution < 1.29 is 40.0 Å². The maximum absolute atomic E-state index is 14.2. The number of rotatable bonds is 17. The van der Waals surface area contributed by atoms with Crippen LogP contribution >= 0.6 is 12.0 Å². The van der Waals surface area contributed by atoms with E-state index in [0.717, 1.165) is 70.9 Å². The summed E-state index contributed by atoms with van der Waals surface area (Å²) in [5, 5.41) is 13.7. The van der Waals surface area contributed by atoms with E-state index in [1.165, 1.54) is 9.54 Å². The van der Waals surface area contributed by atoms with Crippen molar-refractivity contribution in [3.63, 3.8) is 0 Å². The molecular weight excluding hydrogens is 807 g/mol. The van der Waals surface area contributed by atoms with Gasteiger partial charge in [0, 0.05) is 81.4 Å². The minimum Gasteiger partial charge on any atom is -0.748 e. The molecule has 3 aliphatic rings. The fraction of sp³-hybridized carbons (Fsp3) is 0.400. The molecule has 1 fully saturated rings. The molecule has 3 aromatic rings. The van der Waals surface area contributed by atoms with Crippen molar-refractivity contribution in [1.29, 1.82) is 0 Å². The fourth-order valence-corrected chi connectivity index (χ4v) is 10.9. The van der Waals surface area contributed by atoms with Crippen LogP contribution in [0.3, 0.4) is 0 Å². The van der Waals surface area contributed by atoms with E-state index in [-0.39, 0.29) is 17.6 Å². The summed E-state index contributed by atoms with van der Waals surface area (Å²) in [6.07, 6.45) is 12.1. The Hall–Kier alpha value is -4.02. The Kier molecular flexibility index (Phi) is 14.1. The maximum atomic E-state index is 14.2. The standard InChI is InChI=1S/C45H55N3O8S3/c1-44(2)37-19-9-11-21-39(37)47(29-13-15-31-57-56-55-49)41(44)27-25-35-23-24-36(43(35)46(5)58(50,51)33-34-17-7-6-8-18-34)26-28-42-45(3,4)38-20-10-12-22-40(38)48(42)30-14-16-32-59(52,53)54/h6-12,17-22,25-28H,13-16,23-24,29-33H2,1-5H3,(H-,49,52,53,54)/p-1. The van der Waals surface area contributed by atoms with Gasteiger partial charge in [-0.05, 0) is 79.5 Å². The zero-order valence-electron chi connectivity index (χ0n) is 34.4. The van der Waals surface area contributed by atoms with Crippen molar-refractivity contribution >= 4 is 49.3 Å². The molecule has 0 amide bonds. The summed E-state index contributed by atoms with van der Waals surface area (Å²) in [5.74, 6) is 0.0634. The average molecular weight is 861 g/mol. The highest BCUT2D eigenvalue weighted by Crippen LogP contribution is 2.49. The summed E-state index contributed by atoms with van der Waals surface area (Å²) in [5.41, 5.74) is 9.11. The van der Waals surface area contributed by atoms with Crippen molar-refractivity contribution in [3.8, 4) is 0 Å². The lowest BCUT2D eigenvalue weighted by Crippen LogP contribution is -2.28. The van der Waals surface area contributed by atoms with Gasteiger partial charge >= 0.3 is 10.0 Å². The number of allylic oxidation sites excluding steroid dienone is 8. The molecule has 0 atom stereocenters. The van der Waals surface area contributed by atoms with Crippen LogP contribution in [0.25, 0.3) is 0 Å². The molecule has 0 aromatic heterocycles. The SMILES string of the molecule is C\[N+](=C1C(=C/C=C2/N(CCCCSOO[O-])c3ccccc3C2(C)C)CCC/1=C\C=C1\N(CCCCS(=O)(=O)[O-])c2ccccc2C1(C)C)S(=O)(=O)Cc1ccccc1. The molecule has 0 N–H and O–H groups in total. The average Bonchev–Trinajstić information content (AvgIpc) is 3.77. The summed E-state index contributed by atoms with van der Waals surface area (Å²) >= 11 is 0.992. The van der Waals surface area contributed by atoms with Gasteiger partial charge in [0.2, 0.25) is 5.71 Å². The Balaban J connectivity index is 1.41. The predicted molar refractivity (Wildman–Crippen MR) is 233 cm³/mol. The van der Waals surface area contributed by atoms with Gasteiger partial charge in [-0.2, -0.15) is 12.8 Å². The van der Waals surface area contributed by atoms with Gasteiger partial charge in [0.05, 0.1) is 10.1 Å². The predicted octanol–water partition coefficient (Wildman–Crippen LogP) is 7.59. The number of sulfonamides is 1. The molecule has 59 heavy (non-hydrogen) atoms. The minimum atomic E-state index is -4.31. The van der Waals surface area contributed by atoms with Gasteiger partial charge in [-0.25, -0.2) is 8.42 Å². The van der Waals surface area contributed by atoms with Crippen molar-refractivity contribution in [2.24, 2.45) is 0 Å². The number of benzene rings is 3. The number of fused-ring (bicyclic) bond motifs is 2. The Bertz CT molecular complexity index is 2380. The molecule has 2 heterocycles. The van der Waals surface area contributed by atoms with E-state index >= 15 is 0 Å². The molecular formula is C45H54N3O8S3-. The maximum Gasteiger partial charge on any atom is 0.368 e. The molecule has 14 heteroatoms. The lowest BCUT2D eigenvalue weighted by molar-refractivity contribution is -0.777. The van der Waals surface area contributed by atoms with Crippen LogP contribution in [-0.2, 0) is 46.1 Å². The van der Waals surface area contributed by atoms with E-state index in [1.54, 1.807) is 7.05 Å². The lowest BCUT2D eigenvalue weighted by atomic mass is 9.83. The first-order valence-electron chi connectivity index (χ1n) is 20.0. The van der Waals surface area contributed by atoms with Crippen LogP contribution in [-0.4, -0.2) is 62.7 Å². The Morgan fingerprint density at radius 2 is 1.20 bits per heavy atom. The topological polar surface area (TPSA) is 142 Å². The summed E-state index contributed by atoms with van der Waals surface area (Å²) < 4.78 is 68.5. The molecule has 316 valence electrons. The zero-order chi connectivity index (χ0) is 42.4. The lowest BCUT2D eigenvalue weighted by Gasteiger charge is -2.27. The molecule has 6 rings (SSSR count). The Morgan fingerprint density at radius 3 is 1.71 bits per heavy atom.